The number of carbonyl (C=O) groups is 1. The van der Waals surface area contributed by atoms with E-state index in [1.807, 2.05) is 47.7 Å². The van der Waals surface area contributed by atoms with E-state index in [4.69, 9.17) is 9.57 Å². The molecule has 0 saturated carbocycles. The number of ether oxygens (including phenoxy) is 1. The summed E-state index contributed by atoms with van der Waals surface area (Å²) in [5.74, 6) is -0.245. The van der Waals surface area contributed by atoms with Gasteiger partial charge in [-0.15, -0.1) is 11.3 Å². The molecule has 8 rings (SSSR count). The number of allylic oxidation sites excluding steroid dienone is 1. The first-order valence-corrected chi connectivity index (χ1v) is 17.5. The topological polar surface area (TPSA) is 38.8 Å². The smallest absolute Gasteiger partial charge is 0.275 e. The summed E-state index contributed by atoms with van der Waals surface area (Å²) in [5, 5.41) is 1.35. The molecule has 0 N–H and O–H groups in total. The number of hydroxylamine groups is 1. The zero-order valence-electron chi connectivity index (χ0n) is 26.4. The first-order chi connectivity index (χ1) is 23.2. The monoisotopic (exact) mass is 635 g/mol. The molecule has 1 fully saturated rings. The van der Waals surface area contributed by atoms with Gasteiger partial charge in [0.15, 0.2) is 6.29 Å². The van der Waals surface area contributed by atoms with E-state index in [2.05, 4.69) is 78.9 Å². The molecule has 5 aromatic rings. The molecule has 0 spiro atoms. The van der Waals surface area contributed by atoms with Gasteiger partial charge in [-0.2, -0.15) is 5.06 Å². The van der Waals surface area contributed by atoms with Crippen molar-refractivity contribution in [2.45, 2.75) is 51.2 Å². The molecule has 3 aliphatic rings. The van der Waals surface area contributed by atoms with E-state index in [0.717, 1.165) is 50.5 Å². The summed E-state index contributed by atoms with van der Waals surface area (Å²) in [6.45, 7) is 0.651. The summed E-state index contributed by atoms with van der Waals surface area (Å²) < 4.78 is 5.74. The van der Waals surface area contributed by atoms with Gasteiger partial charge in [-0.25, -0.2) is 4.84 Å². The SMILES string of the molecule is O=C(C=Cc1ccc(-c2ccc(C3=Cc4ccc5c(c4CC3)CCc3ccccc3-5)s2)cc1)N(OC1CCCCO1)c1ccccc1. The standard InChI is InChI=1S/C42H37NO3S/c44-41(43(34-9-2-1-3-10-34)46-42-12-6-7-27-45-42)26-15-29-13-16-31(17-14-29)39-24-25-40(47-39)33-20-21-36-32(28-33)19-23-37-35-11-5-4-8-30(35)18-22-38(36)37/h1-5,8-11,13-17,19,23-26,28,42H,6-7,12,18,20-22,27H2. The molecule has 1 aliphatic heterocycles. The molecule has 0 radical (unpaired) electrons. The number of nitrogens with zero attached hydrogens (tertiary/aromatic N) is 1. The number of hydrogen-bond donors (Lipinski definition) is 0. The van der Waals surface area contributed by atoms with E-state index in [1.54, 1.807) is 17.2 Å². The third kappa shape index (κ3) is 6.27. The molecular weight excluding hydrogens is 599 g/mol. The summed E-state index contributed by atoms with van der Waals surface area (Å²) in [6.07, 6.45) is 12.7. The third-order valence-electron chi connectivity index (χ3n) is 9.48. The molecule has 1 unspecified atom stereocenters. The molecule has 1 atom stereocenters. The average molecular weight is 636 g/mol. The van der Waals surface area contributed by atoms with Gasteiger partial charge in [0.1, 0.15) is 0 Å². The van der Waals surface area contributed by atoms with Crippen LogP contribution in [0.3, 0.4) is 0 Å². The number of aryl methyl sites for hydroxylation is 1. The van der Waals surface area contributed by atoms with Crippen molar-refractivity contribution in [2.24, 2.45) is 0 Å². The highest BCUT2D eigenvalue weighted by Gasteiger charge is 2.24. The highest BCUT2D eigenvalue weighted by molar-refractivity contribution is 7.16. The highest BCUT2D eigenvalue weighted by Crippen LogP contribution is 2.42. The Morgan fingerprint density at radius 3 is 2.43 bits per heavy atom. The van der Waals surface area contributed by atoms with E-state index in [0.29, 0.717) is 12.3 Å². The number of fused-ring (bicyclic) bond motifs is 5. The lowest BCUT2D eigenvalue weighted by Gasteiger charge is -2.28. The number of para-hydroxylation sites is 1. The summed E-state index contributed by atoms with van der Waals surface area (Å²) in [5.41, 5.74) is 13.0. The summed E-state index contributed by atoms with van der Waals surface area (Å²) in [4.78, 5) is 21.9. The molecule has 1 saturated heterocycles. The molecule has 1 amide bonds. The van der Waals surface area contributed by atoms with Crippen molar-refractivity contribution < 1.29 is 14.4 Å². The van der Waals surface area contributed by atoms with E-state index in [-0.39, 0.29) is 5.91 Å². The zero-order chi connectivity index (χ0) is 31.6. The number of benzene rings is 4. The summed E-state index contributed by atoms with van der Waals surface area (Å²) in [7, 11) is 0. The maximum Gasteiger partial charge on any atom is 0.275 e. The summed E-state index contributed by atoms with van der Waals surface area (Å²) >= 11 is 1.85. The van der Waals surface area contributed by atoms with Crippen molar-refractivity contribution in [1.82, 2.24) is 0 Å². The maximum atomic E-state index is 13.3. The van der Waals surface area contributed by atoms with Crippen molar-refractivity contribution in [2.75, 3.05) is 11.7 Å². The van der Waals surface area contributed by atoms with E-state index in [9.17, 15) is 4.79 Å². The molecule has 2 aliphatic carbocycles. The predicted molar refractivity (Wildman–Crippen MR) is 193 cm³/mol. The molecule has 47 heavy (non-hydrogen) atoms. The lowest BCUT2D eigenvalue weighted by atomic mass is 9.78. The quantitative estimate of drug-likeness (QED) is 0.132. The molecule has 4 nitrogen and oxygen atoms in total. The van der Waals surface area contributed by atoms with Crippen LogP contribution in [0.5, 0.6) is 0 Å². The number of rotatable bonds is 7. The van der Waals surface area contributed by atoms with Crippen LogP contribution in [0.1, 0.15) is 58.4 Å². The molecule has 1 aromatic heterocycles. The lowest BCUT2D eigenvalue weighted by Crippen LogP contribution is -2.36. The van der Waals surface area contributed by atoms with Crippen molar-refractivity contribution >= 4 is 40.7 Å². The molecular formula is C42H37NO3S. The van der Waals surface area contributed by atoms with Gasteiger partial charge in [-0.1, -0.05) is 84.9 Å². The Kier molecular flexibility index (Phi) is 8.43. The second kappa shape index (κ2) is 13.3. The maximum absolute atomic E-state index is 13.3. The largest absolute Gasteiger partial charge is 0.350 e. The van der Waals surface area contributed by atoms with E-state index >= 15 is 0 Å². The van der Waals surface area contributed by atoms with Gasteiger partial charge >= 0.3 is 0 Å². The van der Waals surface area contributed by atoms with Gasteiger partial charge in [0.25, 0.3) is 5.91 Å². The fourth-order valence-corrected chi connectivity index (χ4v) is 8.08. The normalized spacial score (nSPS) is 17.0. The first-order valence-electron chi connectivity index (χ1n) is 16.7. The van der Waals surface area contributed by atoms with Crippen LogP contribution in [-0.2, 0) is 33.6 Å². The van der Waals surface area contributed by atoms with E-state index < -0.39 is 6.29 Å². The van der Waals surface area contributed by atoms with Gasteiger partial charge in [0, 0.05) is 28.9 Å². The van der Waals surface area contributed by atoms with Crippen LogP contribution in [0.25, 0.3) is 39.3 Å². The van der Waals surface area contributed by atoms with Crippen molar-refractivity contribution in [3.63, 3.8) is 0 Å². The molecule has 234 valence electrons. The Labute approximate surface area is 280 Å². The van der Waals surface area contributed by atoms with Crippen LogP contribution < -0.4 is 5.06 Å². The Morgan fingerprint density at radius 1 is 0.766 bits per heavy atom. The van der Waals surface area contributed by atoms with Crippen LogP contribution in [0.4, 0.5) is 5.69 Å². The fourth-order valence-electron chi connectivity index (χ4n) is 7.03. The van der Waals surface area contributed by atoms with Crippen LogP contribution in [-0.4, -0.2) is 18.8 Å². The first kappa shape index (κ1) is 29.8. The van der Waals surface area contributed by atoms with Gasteiger partial charge in [0.2, 0.25) is 0 Å². The number of thiophene rings is 1. The lowest BCUT2D eigenvalue weighted by molar-refractivity contribution is -0.175. The predicted octanol–water partition coefficient (Wildman–Crippen LogP) is 10.2. The second-order valence-corrected chi connectivity index (χ2v) is 13.6. The van der Waals surface area contributed by atoms with Crippen LogP contribution in [0.15, 0.2) is 109 Å². The van der Waals surface area contributed by atoms with Gasteiger partial charge < -0.3 is 4.74 Å². The van der Waals surface area contributed by atoms with Crippen LogP contribution in [0.2, 0.25) is 0 Å². The zero-order valence-corrected chi connectivity index (χ0v) is 27.2. The second-order valence-electron chi connectivity index (χ2n) is 12.5. The molecule has 2 heterocycles. The Morgan fingerprint density at radius 2 is 1.57 bits per heavy atom. The Hall–Kier alpha value is -4.55. The molecule has 0 bridgehead atoms. The van der Waals surface area contributed by atoms with Crippen LogP contribution in [0, 0.1) is 0 Å². The highest BCUT2D eigenvalue weighted by atomic mass is 32.1. The van der Waals surface area contributed by atoms with Gasteiger partial charge in [-0.3, -0.25) is 4.79 Å². The minimum absolute atomic E-state index is 0.245. The third-order valence-corrected chi connectivity index (χ3v) is 10.7. The van der Waals surface area contributed by atoms with Crippen molar-refractivity contribution in [1.29, 1.82) is 0 Å². The van der Waals surface area contributed by atoms with Crippen molar-refractivity contribution in [3.05, 3.63) is 142 Å². The van der Waals surface area contributed by atoms with Gasteiger partial charge in [-0.05, 0) is 119 Å². The Balaban J connectivity index is 0.965. The summed E-state index contributed by atoms with van der Waals surface area (Å²) in [6, 6.07) is 35.9. The number of hydrogen-bond acceptors (Lipinski definition) is 4. The average Bonchev–Trinajstić information content (AvgIpc) is 3.64. The Bertz CT molecular complexity index is 1970. The molecule has 5 heteroatoms. The fraction of sp³-hybridized carbons (Fsp3) is 0.214. The number of anilines is 1. The van der Waals surface area contributed by atoms with Gasteiger partial charge in [0.05, 0.1) is 5.69 Å². The molecule has 4 aromatic carbocycles. The van der Waals surface area contributed by atoms with E-state index in [1.165, 1.54) is 48.2 Å². The van der Waals surface area contributed by atoms with Crippen LogP contribution >= 0.6 is 11.3 Å². The number of carbonyl (C=O) groups excluding carboxylic acids is 1. The van der Waals surface area contributed by atoms with Crippen molar-refractivity contribution in [3.8, 4) is 21.6 Å². The number of amides is 1. The minimum atomic E-state index is -0.418. The minimum Gasteiger partial charge on any atom is -0.350 e.